The molecule has 0 aliphatic rings. The Morgan fingerprint density at radius 1 is 1.16 bits per heavy atom. The Hall–Kier alpha value is -2.69. The van der Waals surface area contributed by atoms with Crippen LogP contribution in [0.2, 0.25) is 0 Å². The van der Waals surface area contributed by atoms with Crippen molar-refractivity contribution in [3.05, 3.63) is 66.5 Å². The molecule has 0 saturated heterocycles. The average molecular weight is 252 g/mol. The summed E-state index contributed by atoms with van der Waals surface area (Å²) in [5, 5.41) is 4.20. The van der Waals surface area contributed by atoms with E-state index in [2.05, 4.69) is 10.1 Å². The molecule has 5 heteroatoms. The molecule has 5 nitrogen and oxygen atoms in total. The lowest BCUT2D eigenvalue weighted by molar-refractivity contribution is 0.102. The van der Waals surface area contributed by atoms with Crippen molar-refractivity contribution in [3.63, 3.8) is 0 Å². The lowest BCUT2D eigenvalue weighted by Crippen LogP contribution is -2.10. The summed E-state index contributed by atoms with van der Waals surface area (Å²) in [5.41, 5.74) is 1.77. The summed E-state index contributed by atoms with van der Waals surface area (Å²) >= 11 is 0. The second-order valence-corrected chi connectivity index (χ2v) is 4.22. The Bertz CT molecular complexity index is 712. The second kappa shape index (κ2) is 4.53. The maximum Gasteiger partial charge on any atom is 0.231 e. The molecule has 2 aromatic heterocycles. The van der Waals surface area contributed by atoms with Gasteiger partial charge in [0, 0.05) is 13.2 Å². The van der Waals surface area contributed by atoms with Crippen molar-refractivity contribution < 1.29 is 4.79 Å². The number of para-hydroxylation sites is 1. The molecule has 0 saturated carbocycles. The van der Waals surface area contributed by atoms with E-state index in [1.54, 1.807) is 34.0 Å². The topological polar surface area (TPSA) is 52.7 Å². The highest BCUT2D eigenvalue weighted by Crippen LogP contribution is 2.13. The van der Waals surface area contributed by atoms with Crippen molar-refractivity contribution in [3.8, 4) is 5.69 Å². The van der Waals surface area contributed by atoms with E-state index in [0.717, 1.165) is 5.69 Å². The zero-order valence-electron chi connectivity index (χ0n) is 10.4. The zero-order chi connectivity index (χ0) is 13.2. The van der Waals surface area contributed by atoms with E-state index in [9.17, 15) is 4.79 Å². The van der Waals surface area contributed by atoms with Gasteiger partial charge in [-0.1, -0.05) is 18.2 Å². The first-order valence-electron chi connectivity index (χ1n) is 5.88. The predicted octanol–water partition coefficient (Wildman–Crippen LogP) is 1.84. The van der Waals surface area contributed by atoms with Crippen LogP contribution in [0, 0.1) is 0 Å². The van der Waals surface area contributed by atoms with Crippen LogP contribution in [0.25, 0.3) is 5.69 Å². The fraction of sp³-hybridized carbons (Fsp3) is 0.0714. The summed E-state index contributed by atoms with van der Waals surface area (Å²) < 4.78 is 3.37. The third kappa shape index (κ3) is 2.06. The molecule has 3 rings (SSSR count). The number of carbonyl (C=O) groups excluding carboxylic acids is 1. The molecular formula is C14H12N4O. The fourth-order valence-electron chi connectivity index (χ4n) is 1.91. The van der Waals surface area contributed by atoms with Crippen LogP contribution in [0.4, 0.5) is 0 Å². The number of imidazole rings is 1. The van der Waals surface area contributed by atoms with Gasteiger partial charge in [-0.2, -0.15) is 5.10 Å². The number of aryl methyl sites for hydroxylation is 1. The summed E-state index contributed by atoms with van der Waals surface area (Å²) in [7, 11) is 1.83. The SMILES string of the molecule is Cn1cnc(C(=O)c2ccnn2-c2ccccc2)c1. The molecule has 0 spiro atoms. The molecule has 1 aromatic carbocycles. The monoisotopic (exact) mass is 252 g/mol. The summed E-state index contributed by atoms with van der Waals surface area (Å²) in [5.74, 6) is -0.137. The average Bonchev–Trinajstić information content (AvgIpc) is 3.07. The molecule has 19 heavy (non-hydrogen) atoms. The number of rotatable bonds is 3. The summed E-state index contributed by atoms with van der Waals surface area (Å²) in [6.45, 7) is 0. The molecule has 0 radical (unpaired) electrons. The highest BCUT2D eigenvalue weighted by atomic mass is 16.1. The van der Waals surface area contributed by atoms with Crippen LogP contribution in [0.1, 0.15) is 16.2 Å². The smallest absolute Gasteiger partial charge is 0.231 e. The van der Waals surface area contributed by atoms with Gasteiger partial charge in [-0.05, 0) is 18.2 Å². The number of hydrogen-bond donors (Lipinski definition) is 0. The summed E-state index contributed by atoms with van der Waals surface area (Å²) in [6, 6.07) is 11.2. The van der Waals surface area contributed by atoms with Gasteiger partial charge < -0.3 is 4.57 Å². The number of nitrogens with zero attached hydrogens (tertiary/aromatic N) is 4. The normalized spacial score (nSPS) is 10.6. The van der Waals surface area contributed by atoms with Crippen LogP contribution < -0.4 is 0 Å². The Morgan fingerprint density at radius 2 is 1.95 bits per heavy atom. The largest absolute Gasteiger partial charge is 0.340 e. The Labute approximate surface area is 110 Å². The van der Waals surface area contributed by atoms with Crippen molar-refractivity contribution in [2.24, 2.45) is 7.05 Å². The first-order valence-corrected chi connectivity index (χ1v) is 5.88. The number of ketones is 1. The van der Waals surface area contributed by atoms with Crippen molar-refractivity contribution in [2.75, 3.05) is 0 Å². The molecule has 0 unspecified atom stereocenters. The lowest BCUT2D eigenvalue weighted by atomic mass is 10.2. The van der Waals surface area contributed by atoms with Gasteiger partial charge in [0.2, 0.25) is 5.78 Å². The van der Waals surface area contributed by atoms with E-state index in [1.807, 2.05) is 37.4 Å². The van der Waals surface area contributed by atoms with Crippen LogP contribution in [0.5, 0.6) is 0 Å². The van der Waals surface area contributed by atoms with Gasteiger partial charge in [0.05, 0.1) is 18.2 Å². The first kappa shape index (κ1) is 11.4. The van der Waals surface area contributed by atoms with Gasteiger partial charge in [0.15, 0.2) is 0 Å². The molecule has 0 aliphatic carbocycles. The van der Waals surface area contributed by atoms with E-state index >= 15 is 0 Å². The fourth-order valence-corrected chi connectivity index (χ4v) is 1.91. The van der Waals surface area contributed by atoms with E-state index < -0.39 is 0 Å². The third-order valence-corrected chi connectivity index (χ3v) is 2.81. The molecule has 0 fully saturated rings. The molecule has 94 valence electrons. The van der Waals surface area contributed by atoms with Crippen molar-refractivity contribution in [1.29, 1.82) is 0 Å². The summed E-state index contributed by atoms with van der Waals surface area (Å²) in [4.78, 5) is 16.5. The van der Waals surface area contributed by atoms with Gasteiger partial charge in [-0.15, -0.1) is 0 Å². The van der Waals surface area contributed by atoms with E-state index in [4.69, 9.17) is 0 Å². The van der Waals surface area contributed by atoms with Crippen LogP contribution in [0.15, 0.2) is 55.1 Å². The van der Waals surface area contributed by atoms with Gasteiger partial charge in [-0.25, -0.2) is 9.67 Å². The standard InChI is InChI=1S/C14H12N4O/c1-17-9-12(15-10-17)14(19)13-7-8-16-18(13)11-5-3-2-4-6-11/h2-10H,1H3. The molecule has 3 aromatic rings. The third-order valence-electron chi connectivity index (χ3n) is 2.81. The van der Waals surface area contributed by atoms with E-state index in [-0.39, 0.29) is 5.78 Å². The lowest BCUT2D eigenvalue weighted by Gasteiger charge is -2.05. The van der Waals surface area contributed by atoms with Crippen LogP contribution >= 0.6 is 0 Å². The van der Waals surface area contributed by atoms with Crippen molar-refractivity contribution in [1.82, 2.24) is 19.3 Å². The quantitative estimate of drug-likeness (QED) is 0.668. The number of benzene rings is 1. The van der Waals surface area contributed by atoms with Crippen LogP contribution in [-0.2, 0) is 7.05 Å². The number of carbonyl (C=O) groups is 1. The van der Waals surface area contributed by atoms with E-state index in [1.165, 1.54) is 0 Å². The van der Waals surface area contributed by atoms with Gasteiger partial charge in [-0.3, -0.25) is 4.79 Å². The molecular weight excluding hydrogens is 240 g/mol. The Morgan fingerprint density at radius 3 is 2.63 bits per heavy atom. The molecule has 2 heterocycles. The molecule has 0 atom stereocenters. The highest BCUT2D eigenvalue weighted by molar-refractivity contribution is 6.06. The minimum absolute atomic E-state index is 0.137. The number of hydrogen-bond acceptors (Lipinski definition) is 3. The maximum atomic E-state index is 12.4. The zero-order valence-corrected chi connectivity index (χ0v) is 10.4. The molecule has 0 bridgehead atoms. The molecule has 0 amide bonds. The van der Waals surface area contributed by atoms with Crippen LogP contribution in [-0.4, -0.2) is 25.1 Å². The van der Waals surface area contributed by atoms with E-state index in [0.29, 0.717) is 11.4 Å². The van der Waals surface area contributed by atoms with Gasteiger partial charge in [0.1, 0.15) is 11.4 Å². The summed E-state index contributed by atoms with van der Waals surface area (Å²) in [6.07, 6.45) is 4.92. The molecule has 0 aliphatic heterocycles. The van der Waals surface area contributed by atoms with Gasteiger partial charge in [0.25, 0.3) is 0 Å². The van der Waals surface area contributed by atoms with Crippen LogP contribution in [0.3, 0.4) is 0 Å². The molecule has 0 N–H and O–H groups in total. The first-order chi connectivity index (χ1) is 9.25. The highest BCUT2D eigenvalue weighted by Gasteiger charge is 2.17. The maximum absolute atomic E-state index is 12.4. The minimum Gasteiger partial charge on any atom is -0.340 e. The second-order valence-electron chi connectivity index (χ2n) is 4.22. The minimum atomic E-state index is -0.137. The van der Waals surface area contributed by atoms with Crippen molar-refractivity contribution >= 4 is 5.78 Å². The Kier molecular flexibility index (Phi) is 2.72. The predicted molar refractivity (Wildman–Crippen MR) is 70.2 cm³/mol. The van der Waals surface area contributed by atoms with Crippen molar-refractivity contribution in [2.45, 2.75) is 0 Å². The van der Waals surface area contributed by atoms with Gasteiger partial charge >= 0.3 is 0 Å². The number of aromatic nitrogens is 4. The Balaban J connectivity index is 2.03.